The van der Waals surface area contributed by atoms with Crippen molar-refractivity contribution in [3.8, 4) is 0 Å². The van der Waals surface area contributed by atoms with Crippen LogP contribution in [0.4, 0.5) is 0 Å². The molecule has 2 aromatic rings. The van der Waals surface area contributed by atoms with E-state index in [4.69, 9.17) is 4.98 Å². The molecule has 1 saturated heterocycles. The summed E-state index contributed by atoms with van der Waals surface area (Å²) in [6, 6.07) is 10.6. The highest BCUT2D eigenvalue weighted by Gasteiger charge is 2.31. The second-order valence-corrected chi connectivity index (χ2v) is 6.87. The Morgan fingerprint density at radius 2 is 1.92 bits per heavy atom. The van der Waals surface area contributed by atoms with Gasteiger partial charge in [0, 0.05) is 42.2 Å². The van der Waals surface area contributed by atoms with Gasteiger partial charge in [-0.15, -0.1) is 24.8 Å². The van der Waals surface area contributed by atoms with Gasteiger partial charge in [-0.25, -0.2) is 0 Å². The molecular formula is C19H25Cl2N3O. The molecule has 0 radical (unpaired) electrons. The van der Waals surface area contributed by atoms with Crippen molar-refractivity contribution < 1.29 is 4.79 Å². The molecule has 2 atom stereocenters. The van der Waals surface area contributed by atoms with Crippen LogP contribution in [-0.2, 0) is 0 Å². The van der Waals surface area contributed by atoms with Gasteiger partial charge in [-0.2, -0.15) is 0 Å². The largest absolute Gasteiger partial charge is 0.333 e. The molecule has 2 aliphatic rings. The number of halogens is 2. The molecular weight excluding hydrogens is 357 g/mol. The molecule has 1 amide bonds. The number of fused-ring (bicyclic) bond motifs is 1. The maximum Gasteiger partial charge on any atom is 0.254 e. The minimum Gasteiger partial charge on any atom is -0.333 e. The molecule has 1 aliphatic carbocycles. The highest BCUT2D eigenvalue weighted by Crippen LogP contribution is 2.40. The smallest absolute Gasteiger partial charge is 0.254 e. The molecule has 0 spiro atoms. The molecule has 25 heavy (non-hydrogen) atoms. The third-order valence-electron chi connectivity index (χ3n) is 5.26. The first-order chi connectivity index (χ1) is 11.1. The second-order valence-electron chi connectivity index (χ2n) is 6.87. The SMILES string of the molecule is CC1NCCN(C(=O)c2cc(C3CC3)nc3ccccc23)C1C.Cl.Cl. The van der Waals surface area contributed by atoms with Crippen molar-refractivity contribution in [2.24, 2.45) is 0 Å². The van der Waals surface area contributed by atoms with Gasteiger partial charge in [0.25, 0.3) is 5.91 Å². The van der Waals surface area contributed by atoms with Gasteiger partial charge in [0.1, 0.15) is 0 Å². The minimum absolute atomic E-state index is 0. The number of pyridine rings is 1. The fourth-order valence-corrected chi connectivity index (χ4v) is 3.46. The van der Waals surface area contributed by atoms with Crippen LogP contribution in [0.25, 0.3) is 10.9 Å². The number of nitrogens with one attached hydrogen (secondary N) is 1. The van der Waals surface area contributed by atoms with Gasteiger partial charge in [-0.1, -0.05) is 18.2 Å². The number of piperazine rings is 1. The van der Waals surface area contributed by atoms with E-state index < -0.39 is 0 Å². The third kappa shape index (κ3) is 3.76. The monoisotopic (exact) mass is 381 g/mol. The fourth-order valence-electron chi connectivity index (χ4n) is 3.46. The van der Waals surface area contributed by atoms with Crippen LogP contribution in [0.1, 0.15) is 48.7 Å². The summed E-state index contributed by atoms with van der Waals surface area (Å²) in [5.41, 5.74) is 2.84. The Morgan fingerprint density at radius 3 is 2.64 bits per heavy atom. The molecule has 1 aliphatic heterocycles. The van der Waals surface area contributed by atoms with Gasteiger partial charge in [0.2, 0.25) is 0 Å². The van der Waals surface area contributed by atoms with E-state index in [2.05, 4.69) is 19.2 Å². The number of carbonyl (C=O) groups excluding carboxylic acids is 1. The molecule has 6 heteroatoms. The van der Waals surface area contributed by atoms with E-state index in [9.17, 15) is 4.79 Å². The van der Waals surface area contributed by atoms with Gasteiger partial charge in [-0.3, -0.25) is 9.78 Å². The lowest BCUT2D eigenvalue weighted by Crippen LogP contribution is -2.57. The fraction of sp³-hybridized carbons (Fsp3) is 0.474. The van der Waals surface area contributed by atoms with Gasteiger partial charge in [0.15, 0.2) is 0 Å². The summed E-state index contributed by atoms with van der Waals surface area (Å²) in [5.74, 6) is 0.692. The normalized spacial score (nSPS) is 22.9. The average molecular weight is 382 g/mol. The van der Waals surface area contributed by atoms with E-state index >= 15 is 0 Å². The molecule has 2 unspecified atom stereocenters. The first-order valence-electron chi connectivity index (χ1n) is 8.59. The molecule has 2 fully saturated rings. The molecule has 0 bridgehead atoms. The number of hydrogen-bond donors (Lipinski definition) is 1. The van der Waals surface area contributed by atoms with Gasteiger partial charge in [-0.05, 0) is 38.8 Å². The van der Waals surface area contributed by atoms with Crippen molar-refractivity contribution in [1.29, 1.82) is 0 Å². The van der Waals surface area contributed by atoms with Crippen LogP contribution in [0.5, 0.6) is 0 Å². The third-order valence-corrected chi connectivity index (χ3v) is 5.26. The Hall–Kier alpha value is -1.36. The summed E-state index contributed by atoms with van der Waals surface area (Å²) < 4.78 is 0. The van der Waals surface area contributed by atoms with Crippen LogP contribution >= 0.6 is 24.8 Å². The Labute approximate surface area is 161 Å². The van der Waals surface area contributed by atoms with Gasteiger partial charge < -0.3 is 10.2 Å². The van der Waals surface area contributed by atoms with E-state index in [1.165, 1.54) is 12.8 Å². The van der Waals surface area contributed by atoms with E-state index in [0.29, 0.717) is 12.0 Å². The summed E-state index contributed by atoms with van der Waals surface area (Å²) in [5, 5.41) is 4.41. The highest BCUT2D eigenvalue weighted by molar-refractivity contribution is 6.06. The Bertz CT molecular complexity index is 763. The topological polar surface area (TPSA) is 45.2 Å². The van der Waals surface area contributed by atoms with E-state index in [1.807, 2.05) is 35.2 Å². The maximum absolute atomic E-state index is 13.2. The number of benzene rings is 1. The Kier molecular flexibility index (Phi) is 6.30. The van der Waals surface area contributed by atoms with Crippen LogP contribution in [0.2, 0.25) is 0 Å². The Morgan fingerprint density at radius 1 is 1.20 bits per heavy atom. The first kappa shape index (κ1) is 20.0. The first-order valence-corrected chi connectivity index (χ1v) is 8.59. The van der Waals surface area contributed by atoms with E-state index in [1.54, 1.807) is 0 Å². The lowest BCUT2D eigenvalue weighted by Gasteiger charge is -2.38. The van der Waals surface area contributed by atoms with Gasteiger partial charge >= 0.3 is 0 Å². The summed E-state index contributed by atoms with van der Waals surface area (Å²) in [7, 11) is 0. The number of aromatic nitrogens is 1. The molecule has 136 valence electrons. The van der Waals surface area contributed by atoms with Crippen molar-refractivity contribution in [2.45, 2.75) is 44.7 Å². The predicted octanol–water partition coefficient (Wildman–Crippen LogP) is 3.78. The maximum atomic E-state index is 13.2. The predicted molar refractivity (Wildman–Crippen MR) is 106 cm³/mol. The molecule has 1 N–H and O–H groups in total. The van der Waals surface area contributed by atoms with Crippen LogP contribution < -0.4 is 5.32 Å². The molecule has 1 saturated carbocycles. The van der Waals surface area contributed by atoms with Crippen molar-refractivity contribution >= 4 is 41.6 Å². The number of amides is 1. The van der Waals surface area contributed by atoms with Crippen LogP contribution in [0.3, 0.4) is 0 Å². The lowest BCUT2D eigenvalue weighted by molar-refractivity contribution is 0.0605. The van der Waals surface area contributed by atoms with Crippen molar-refractivity contribution in [1.82, 2.24) is 15.2 Å². The molecule has 4 nitrogen and oxygen atoms in total. The lowest BCUT2D eigenvalue weighted by atomic mass is 10.0. The highest BCUT2D eigenvalue weighted by atomic mass is 35.5. The zero-order valence-electron chi connectivity index (χ0n) is 14.6. The molecule has 4 rings (SSSR count). The standard InChI is InChI=1S/C19H23N3O.2ClH/c1-12-13(2)22(10-9-20-12)19(23)16-11-18(14-7-8-14)21-17-6-4-3-5-15(16)17;;/h3-6,11-14,20H,7-10H2,1-2H3;2*1H. The summed E-state index contributed by atoms with van der Waals surface area (Å²) >= 11 is 0. The number of hydrogen-bond acceptors (Lipinski definition) is 3. The number of nitrogens with zero attached hydrogens (tertiary/aromatic N) is 2. The van der Waals surface area contributed by atoms with Crippen LogP contribution in [0, 0.1) is 0 Å². The molecule has 1 aromatic carbocycles. The van der Waals surface area contributed by atoms with Crippen molar-refractivity contribution in [3.63, 3.8) is 0 Å². The zero-order valence-corrected chi connectivity index (χ0v) is 16.2. The van der Waals surface area contributed by atoms with Crippen molar-refractivity contribution in [2.75, 3.05) is 13.1 Å². The van der Waals surface area contributed by atoms with Crippen molar-refractivity contribution in [3.05, 3.63) is 41.6 Å². The minimum atomic E-state index is 0. The van der Waals surface area contributed by atoms with Crippen LogP contribution in [0.15, 0.2) is 30.3 Å². The number of rotatable bonds is 2. The number of carbonyl (C=O) groups is 1. The summed E-state index contributed by atoms with van der Waals surface area (Å²) in [6.07, 6.45) is 2.39. The average Bonchev–Trinajstić information content (AvgIpc) is 3.41. The van der Waals surface area contributed by atoms with E-state index in [0.717, 1.165) is 35.2 Å². The van der Waals surface area contributed by atoms with Gasteiger partial charge in [0.05, 0.1) is 11.1 Å². The molecule has 1 aromatic heterocycles. The van der Waals surface area contributed by atoms with Crippen LogP contribution in [-0.4, -0.2) is 41.0 Å². The summed E-state index contributed by atoms with van der Waals surface area (Å²) in [6.45, 7) is 5.89. The summed E-state index contributed by atoms with van der Waals surface area (Å²) in [4.78, 5) is 20.0. The zero-order chi connectivity index (χ0) is 16.0. The number of para-hydroxylation sites is 1. The molecule has 2 heterocycles. The quantitative estimate of drug-likeness (QED) is 0.860. The second kappa shape index (κ2) is 7.90. The Balaban J connectivity index is 0.00000113. The van der Waals surface area contributed by atoms with E-state index in [-0.39, 0.29) is 36.8 Å².